The first-order chi connectivity index (χ1) is 8.16. The lowest BCUT2D eigenvalue weighted by Crippen LogP contribution is -2.40. The average molecular weight is 236 g/mol. The van der Waals surface area contributed by atoms with Crippen molar-refractivity contribution < 1.29 is 4.74 Å². The monoisotopic (exact) mass is 236 g/mol. The van der Waals surface area contributed by atoms with Crippen LogP contribution >= 0.6 is 0 Å². The van der Waals surface area contributed by atoms with E-state index >= 15 is 0 Å². The molecule has 0 aromatic heterocycles. The van der Waals surface area contributed by atoms with E-state index < -0.39 is 0 Å². The summed E-state index contributed by atoms with van der Waals surface area (Å²) in [7, 11) is 2.09. The maximum atomic E-state index is 6.26. The molecule has 2 atom stereocenters. The maximum Gasteiger partial charge on any atom is 0.0593 e. The third-order valence-electron chi connectivity index (χ3n) is 3.19. The van der Waals surface area contributed by atoms with Crippen molar-refractivity contribution in [3.05, 3.63) is 35.9 Å². The summed E-state index contributed by atoms with van der Waals surface area (Å²) in [5.41, 5.74) is 7.44. The molecule has 3 nitrogen and oxygen atoms in total. The molecule has 0 spiro atoms. The molecular weight excluding hydrogens is 212 g/mol. The zero-order chi connectivity index (χ0) is 12.7. The third-order valence-corrected chi connectivity index (χ3v) is 3.19. The summed E-state index contributed by atoms with van der Waals surface area (Å²) in [6, 6.07) is 10.6. The Bertz CT molecular complexity index is 302. The number of hydrogen-bond donors (Lipinski definition) is 1. The number of likely N-dealkylation sites (N-methyl/N-ethyl adjacent to an activating group) is 1. The molecule has 96 valence electrons. The van der Waals surface area contributed by atoms with E-state index in [1.54, 1.807) is 0 Å². The van der Waals surface area contributed by atoms with Gasteiger partial charge in [0, 0.05) is 25.2 Å². The Balaban J connectivity index is 2.48. The lowest BCUT2D eigenvalue weighted by molar-refractivity contribution is 0.105. The molecule has 0 radical (unpaired) electrons. The topological polar surface area (TPSA) is 38.5 Å². The zero-order valence-corrected chi connectivity index (χ0v) is 11.1. The van der Waals surface area contributed by atoms with Crippen molar-refractivity contribution in [2.24, 2.45) is 5.73 Å². The Hall–Kier alpha value is -0.900. The molecule has 0 aliphatic rings. The molecule has 0 saturated heterocycles. The largest absolute Gasteiger partial charge is 0.380 e. The summed E-state index contributed by atoms with van der Waals surface area (Å²) in [5, 5.41) is 0. The van der Waals surface area contributed by atoms with E-state index in [0.29, 0.717) is 6.04 Å². The molecule has 0 fully saturated rings. The minimum absolute atomic E-state index is 0.0443. The molecule has 0 saturated carbocycles. The molecule has 0 bridgehead atoms. The van der Waals surface area contributed by atoms with Crippen molar-refractivity contribution in [1.82, 2.24) is 4.90 Å². The number of benzene rings is 1. The van der Waals surface area contributed by atoms with Crippen LogP contribution in [-0.4, -0.2) is 37.7 Å². The van der Waals surface area contributed by atoms with E-state index in [1.807, 2.05) is 25.1 Å². The molecule has 0 heterocycles. The Morgan fingerprint density at radius 3 is 2.53 bits per heavy atom. The number of nitrogens with zero attached hydrogens (tertiary/aromatic N) is 1. The first-order valence-corrected chi connectivity index (χ1v) is 6.25. The standard InChI is InChI=1S/C14H24N2O/c1-4-17-11-10-16(3)12(2)14(15)13-8-6-5-7-9-13/h5-9,12,14H,4,10-11,15H2,1-3H3. The number of hydrogen-bond acceptors (Lipinski definition) is 3. The van der Waals surface area contributed by atoms with Crippen LogP contribution in [0.1, 0.15) is 25.5 Å². The van der Waals surface area contributed by atoms with Gasteiger partial charge in [-0.1, -0.05) is 30.3 Å². The van der Waals surface area contributed by atoms with Crippen LogP contribution in [0.4, 0.5) is 0 Å². The first kappa shape index (κ1) is 14.2. The van der Waals surface area contributed by atoms with Gasteiger partial charge in [0.2, 0.25) is 0 Å². The summed E-state index contributed by atoms with van der Waals surface area (Å²) in [5.74, 6) is 0. The molecule has 0 amide bonds. The third kappa shape index (κ3) is 4.46. The van der Waals surface area contributed by atoms with Crippen LogP contribution in [0.5, 0.6) is 0 Å². The lowest BCUT2D eigenvalue weighted by atomic mass is 10.0. The smallest absolute Gasteiger partial charge is 0.0593 e. The number of ether oxygens (including phenoxy) is 1. The van der Waals surface area contributed by atoms with E-state index in [2.05, 4.69) is 31.0 Å². The van der Waals surface area contributed by atoms with Gasteiger partial charge in [-0.05, 0) is 26.5 Å². The number of nitrogens with two attached hydrogens (primary N) is 1. The van der Waals surface area contributed by atoms with Gasteiger partial charge in [0.05, 0.1) is 6.61 Å². The molecule has 17 heavy (non-hydrogen) atoms. The quantitative estimate of drug-likeness (QED) is 0.736. The van der Waals surface area contributed by atoms with Crippen LogP contribution in [0.25, 0.3) is 0 Å². The van der Waals surface area contributed by atoms with Gasteiger partial charge in [0.1, 0.15) is 0 Å². The highest BCUT2D eigenvalue weighted by Crippen LogP contribution is 2.16. The Morgan fingerprint density at radius 1 is 1.29 bits per heavy atom. The second kappa shape index (κ2) is 7.43. The zero-order valence-electron chi connectivity index (χ0n) is 11.1. The Kier molecular flexibility index (Phi) is 6.19. The van der Waals surface area contributed by atoms with Gasteiger partial charge in [-0.2, -0.15) is 0 Å². The van der Waals surface area contributed by atoms with E-state index in [1.165, 1.54) is 5.56 Å². The van der Waals surface area contributed by atoms with E-state index in [-0.39, 0.29) is 6.04 Å². The second-order valence-electron chi connectivity index (χ2n) is 4.35. The summed E-state index contributed by atoms with van der Waals surface area (Å²) in [6.07, 6.45) is 0. The molecular formula is C14H24N2O. The summed E-state index contributed by atoms with van der Waals surface area (Å²) < 4.78 is 5.36. The minimum atomic E-state index is 0.0443. The molecule has 0 aliphatic carbocycles. The van der Waals surface area contributed by atoms with Crippen molar-refractivity contribution in [3.63, 3.8) is 0 Å². The predicted octanol–water partition coefficient (Wildman–Crippen LogP) is 2.04. The SMILES string of the molecule is CCOCCN(C)C(C)C(N)c1ccccc1. The van der Waals surface area contributed by atoms with Crippen LogP contribution in [0.3, 0.4) is 0 Å². The highest BCUT2D eigenvalue weighted by molar-refractivity contribution is 5.19. The van der Waals surface area contributed by atoms with E-state index in [0.717, 1.165) is 19.8 Å². The molecule has 3 heteroatoms. The highest BCUT2D eigenvalue weighted by Gasteiger charge is 2.18. The van der Waals surface area contributed by atoms with Crippen molar-refractivity contribution in [2.45, 2.75) is 25.9 Å². The minimum Gasteiger partial charge on any atom is -0.380 e. The molecule has 2 N–H and O–H groups in total. The second-order valence-corrected chi connectivity index (χ2v) is 4.35. The lowest BCUT2D eigenvalue weighted by Gasteiger charge is -2.29. The summed E-state index contributed by atoms with van der Waals surface area (Å²) in [4.78, 5) is 2.24. The molecule has 1 rings (SSSR count). The molecule has 1 aromatic rings. The highest BCUT2D eigenvalue weighted by atomic mass is 16.5. The van der Waals surface area contributed by atoms with Crippen molar-refractivity contribution >= 4 is 0 Å². The molecule has 2 unspecified atom stereocenters. The van der Waals surface area contributed by atoms with Gasteiger partial charge in [0.25, 0.3) is 0 Å². The summed E-state index contributed by atoms with van der Waals surface area (Å²) >= 11 is 0. The van der Waals surface area contributed by atoms with Crippen LogP contribution in [-0.2, 0) is 4.74 Å². The van der Waals surface area contributed by atoms with Gasteiger partial charge < -0.3 is 10.5 Å². The normalized spacial score (nSPS) is 14.9. The van der Waals surface area contributed by atoms with Gasteiger partial charge in [-0.25, -0.2) is 0 Å². The van der Waals surface area contributed by atoms with Crippen molar-refractivity contribution in [3.8, 4) is 0 Å². The van der Waals surface area contributed by atoms with E-state index in [4.69, 9.17) is 10.5 Å². The molecule has 1 aromatic carbocycles. The van der Waals surface area contributed by atoms with Crippen molar-refractivity contribution in [1.29, 1.82) is 0 Å². The fourth-order valence-corrected chi connectivity index (χ4v) is 1.78. The van der Waals surface area contributed by atoms with Crippen LogP contribution in [0.15, 0.2) is 30.3 Å². The van der Waals surface area contributed by atoms with E-state index in [9.17, 15) is 0 Å². The number of rotatable bonds is 7. The average Bonchev–Trinajstić information content (AvgIpc) is 2.38. The fourth-order valence-electron chi connectivity index (χ4n) is 1.78. The van der Waals surface area contributed by atoms with Gasteiger partial charge in [0.15, 0.2) is 0 Å². The van der Waals surface area contributed by atoms with Gasteiger partial charge >= 0.3 is 0 Å². The summed E-state index contributed by atoms with van der Waals surface area (Å²) in [6.45, 7) is 6.62. The van der Waals surface area contributed by atoms with Crippen LogP contribution < -0.4 is 5.73 Å². The molecule has 0 aliphatic heterocycles. The maximum absolute atomic E-state index is 6.26. The van der Waals surface area contributed by atoms with Crippen LogP contribution in [0, 0.1) is 0 Å². The van der Waals surface area contributed by atoms with Crippen molar-refractivity contribution in [2.75, 3.05) is 26.8 Å². The Morgan fingerprint density at radius 2 is 1.94 bits per heavy atom. The van der Waals surface area contributed by atoms with Gasteiger partial charge in [-0.3, -0.25) is 4.90 Å². The van der Waals surface area contributed by atoms with Crippen LogP contribution in [0.2, 0.25) is 0 Å². The Labute approximate surface area is 105 Å². The van der Waals surface area contributed by atoms with Gasteiger partial charge in [-0.15, -0.1) is 0 Å². The predicted molar refractivity (Wildman–Crippen MR) is 72.0 cm³/mol. The first-order valence-electron chi connectivity index (χ1n) is 6.25. The fraction of sp³-hybridized carbons (Fsp3) is 0.571.